The Labute approximate surface area is 166 Å². The van der Waals surface area contributed by atoms with E-state index in [0.29, 0.717) is 29.4 Å². The second kappa shape index (κ2) is 7.59. The van der Waals surface area contributed by atoms with Crippen molar-refractivity contribution in [3.8, 4) is 11.5 Å². The molecule has 0 saturated carbocycles. The first-order chi connectivity index (χ1) is 13.6. The first-order valence-corrected chi connectivity index (χ1v) is 9.89. The number of aromatic amines is 1. The number of amides is 1. The lowest BCUT2D eigenvalue weighted by molar-refractivity contribution is -0.128. The lowest BCUT2D eigenvalue weighted by atomic mass is 10.1. The summed E-state index contributed by atoms with van der Waals surface area (Å²) in [7, 11) is 3.16. The Kier molecular flexibility index (Phi) is 5.00. The minimum Gasteiger partial charge on any atom is -0.493 e. The highest BCUT2D eigenvalue weighted by Crippen LogP contribution is 2.39. The molecule has 4 rings (SSSR count). The number of fused-ring (bicyclic) bond motifs is 1. The monoisotopic (exact) mass is 396 g/mol. The van der Waals surface area contributed by atoms with Gasteiger partial charge in [0, 0.05) is 12.1 Å². The maximum atomic E-state index is 12.7. The van der Waals surface area contributed by atoms with Crippen LogP contribution in [0.4, 0.5) is 0 Å². The molecule has 2 heterocycles. The zero-order valence-electron chi connectivity index (χ0n) is 15.6. The topological polar surface area (TPSA) is 71.6 Å². The van der Waals surface area contributed by atoms with Gasteiger partial charge in [-0.2, -0.15) is 0 Å². The number of carbonyl (C=O) groups is 1. The van der Waals surface area contributed by atoms with Crippen LogP contribution in [0.15, 0.2) is 53.3 Å². The summed E-state index contributed by atoms with van der Waals surface area (Å²) in [6.07, 6.45) is 0. The molecular formula is C21H20N2O4S. The zero-order valence-corrected chi connectivity index (χ0v) is 16.4. The Balaban J connectivity index is 1.68. The molecule has 1 fully saturated rings. The highest BCUT2D eigenvalue weighted by Gasteiger charge is 2.34. The first-order valence-electron chi connectivity index (χ1n) is 8.84. The maximum Gasteiger partial charge on any atom is 0.254 e. The second-order valence-electron chi connectivity index (χ2n) is 6.52. The Morgan fingerprint density at radius 1 is 1.07 bits per heavy atom. The van der Waals surface area contributed by atoms with Crippen LogP contribution in [-0.2, 0) is 11.3 Å². The molecule has 1 aromatic heterocycles. The van der Waals surface area contributed by atoms with Gasteiger partial charge in [-0.1, -0.05) is 24.3 Å². The van der Waals surface area contributed by atoms with Crippen molar-refractivity contribution in [2.75, 3.05) is 20.0 Å². The van der Waals surface area contributed by atoms with Gasteiger partial charge in [0.15, 0.2) is 11.5 Å². The maximum absolute atomic E-state index is 12.7. The van der Waals surface area contributed by atoms with Gasteiger partial charge in [-0.3, -0.25) is 9.59 Å². The van der Waals surface area contributed by atoms with Crippen LogP contribution in [0.3, 0.4) is 0 Å². The molecule has 0 aliphatic carbocycles. The van der Waals surface area contributed by atoms with Gasteiger partial charge in [0.1, 0.15) is 5.37 Å². The number of H-pyrrole nitrogens is 1. The van der Waals surface area contributed by atoms with Crippen LogP contribution in [0.1, 0.15) is 16.5 Å². The molecule has 7 heteroatoms. The molecule has 2 aromatic carbocycles. The number of nitrogens with zero attached hydrogens (tertiary/aromatic N) is 1. The van der Waals surface area contributed by atoms with Crippen LogP contribution >= 0.6 is 11.8 Å². The smallest absolute Gasteiger partial charge is 0.254 e. The summed E-state index contributed by atoms with van der Waals surface area (Å²) in [4.78, 5) is 29.9. The number of pyridine rings is 1. The fourth-order valence-electron chi connectivity index (χ4n) is 3.41. The van der Waals surface area contributed by atoms with Crippen molar-refractivity contribution in [1.29, 1.82) is 0 Å². The molecule has 0 bridgehead atoms. The van der Waals surface area contributed by atoms with E-state index < -0.39 is 0 Å². The predicted molar refractivity (Wildman–Crippen MR) is 110 cm³/mol. The van der Waals surface area contributed by atoms with Gasteiger partial charge in [-0.05, 0) is 35.2 Å². The van der Waals surface area contributed by atoms with Gasteiger partial charge in [0.25, 0.3) is 5.56 Å². The fraction of sp³-hybridized carbons (Fsp3) is 0.238. The number of para-hydroxylation sites is 1. The fourth-order valence-corrected chi connectivity index (χ4v) is 4.60. The summed E-state index contributed by atoms with van der Waals surface area (Å²) in [5.41, 5.74) is 2.13. The number of ether oxygens (including phenoxy) is 2. The van der Waals surface area contributed by atoms with Crippen LogP contribution in [-0.4, -0.2) is 35.8 Å². The van der Waals surface area contributed by atoms with Gasteiger partial charge in [-0.15, -0.1) is 11.8 Å². The summed E-state index contributed by atoms with van der Waals surface area (Å²) in [6, 6.07) is 15.1. The van der Waals surface area contributed by atoms with Crippen molar-refractivity contribution < 1.29 is 14.3 Å². The standard InChI is InChI=1S/C21H20N2O4S/c1-26-17-8-7-13(9-18(17)27-2)11-23-19(24)12-28-21(23)15-10-14-5-3-4-6-16(14)22-20(15)25/h3-10,21H,11-12H2,1-2H3,(H,22,25). The number of carbonyl (C=O) groups excluding carboxylic acids is 1. The van der Waals surface area contributed by atoms with Crippen molar-refractivity contribution in [3.05, 3.63) is 70.0 Å². The average molecular weight is 396 g/mol. The third kappa shape index (κ3) is 3.33. The number of methoxy groups -OCH3 is 2. The van der Waals surface area contributed by atoms with Crippen LogP contribution in [0.2, 0.25) is 0 Å². The molecule has 3 aromatic rings. The van der Waals surface area contributed by atoms with Gasteiger partial charge in [-0.25, -0.2) is 0 Å². The number of benzene rings is 2. The number of hydrogen-bond donors (Lipinski definition) is 1. The lowest BCUT2D eigenvalue weighted by Crippen LogP contribution is -2.30. The molecule has 0 spiro atoms. The van der Waals surface area contributed by atoms with E-state index in [4.69, 9.17) is 9.47 Å². The summed E-state index contributed by atoms with van der Waals surface area (Å²) >= 11 is 1.47. The minimum absolute atomic E-state index is 0.0114. The Hall–Kier alpha value is -2.93. The molecule has 1 aliphatic heterocycles. The van der Waals surface area contributed by atoms with Crippen molar-refractivity contribution >= 4 is 28.6 Å². The van der Waals surface area contributed by atoms with E-state index in [1.54, 1.807) is 19.1 Å². The quantitative estimate of drug-likeness (QED) is 0.716. The Morgan fingerprint density at radius 2 is 1.86 bits per heavy atom. The highest BCUT2D eigenvalue weighted by atomic mass is 32.2. The Bertz CT molecular complexity index is 1100. The molecule has 1 N–H and O–H groups in total. The summed E-state index contributed by atoms with van der Waals surface area (Å²) in [6.45, 7) is 0.392. The number of hydrogen-bond acceptors (Lipinski definition) is 5. The molecular weight excluding hydrogens is 376 g/mol. The first kappa shape index (κ1) is 18.4. The molecule has 28 heavy (non-hydrogen) atoms. The van der Waals surface area contributed by atoms with E-state index in [2.05, 4.69) is 4.98 Å². The van der Waals surface area contributed by atoms with E-state index in [9.17, 15) is 9.59 Å². The number of aromatic nitrogens is 1. The van der Waals surface area contributed by atoms with Crippen molar-refractivity contribution in [3.63, 3.8) is 0 Å². The molecule has 144 valence electrons. The van der Waals surface area contributed by atoms with E-state index in [1.165, 1.54) is 11.8 Å². The minimum atomic E-state index is -0.325. The third-order valence-electron chi connectivity index (χ3n) is 4.82. The second-order valence-corrected chi connectivity index (χ2v) is 7.58. The van der Waals surface area contributed by atoms with Crippen molar-refractivity contribution in [2.24, 2.45) is 0 Å². The van der Waals surface area contributed by atoms with E-state index in [1.807, 2.05) is 48.5 Å². The van der Waals surface area contributed by atoms with Gasteiger partial charge < -0.3 is 19.4 Å². The summed E-state index contributed by atoms with van der Waals surface area (Å²) in [5, 5.41) is 0.622. The van der Waals surface area contributed by atoms with E-state index in [-0.39, 0.29) is 16.8 Å². The van der Waals surface area contributed by atoms with Crippen molar-refractivity contribution in [2.45, 2.75) is 11.9 Å². The molecule has 0 radical (unpaired) electrons. The van der Waals surface area contributed by atoms with Gasteiger partial charge >= 0.3 is 0 Å². The largest absolute Gasteiger partial charge is 0.493 e. The number of thioether (sulfide) groups is 1. The molecule has 1 saturated heterocycles. The summed E-state index contributed by atoms with van der Waals surface area (Å²) in [5.74, 6) is 1.61. The van der Waals surface area contributed by atoms with Crippen LogP contribution < -0.4 is 15.0 Å². The van der Waals surface area contributed by atoms with Crippen LogP contribution in [0.5, 0.6) is 11.5 Å². The molecule has 1 amide bonds. The zero-order chi connectivity index (χ0) is 19.7. The van der Waals surface area contributed by atoms with Crippen molar-refractivity contribution in [1.82, 2.24) is 9.88 Å². The lowest BCUT2D eigenvalue weighted by Gasteiger charge is -2.24. The van der Waals surface area contributed by atoms with Crippen LogP contribution in [0.25, 0.3) is 10.9 Å². The van der Waals surface area contributed by atoms with Gasteiger partial charge in [0.05, 0.1) is 25.5 Å². The molecule has 6 nitrogen and oxygen atoms in total. The van der Waals surface area contributed by atoms with Crippen LogP contribution in [0, 0.1) is 0 Å². The summed E-state index contributed by atoms with van der Waals surface area (Å²) < 4.78 is 10.6. The Morgan fingerprint density at radius 3 is 2.64 bits per heavy atom. The molecule has 1 atom stereocenters. The van der Waals surface area contributed by atoms with Gasteiger partial charge in [0.2, 0.25) is 5.91 Å². The number of rotatable bonds is 5. The predicted octanol–water partition coefficient (Wildman–Crippen LogP) is 3.32. The van der Waals surface area contributed by atoms with E-state index >= 15 is 0 Å². The third-order valence-corrected chi connectivity index (χ3v) is 6.05. The number of nitrogens with one attached hydrogen (secondary N) is 1. The molecule has 1 aliphatic rings. The van der Waals surface area contributed by atoms with E-state index in [0.717, 1.165) is 16.5 Å². The average Bonchev–Trinajstić information content (AvgIpc) is 3.07. The normalized spacial score (nSPS) is 16.6. The highest BCUT2D eigenvalue weighted by molar-refractivity contribution is 8.00. The molecule has 1 unspecified atom stereocenters. The SMILES string of the molecule is COc1ccc(CN2C(=O)CSC2c2cc3ccccc3[nH]c2=O)cc1OC.